The van der Waals surface area contributed by atoms with Crippen molar-refractivity contribution < 1.29 is 10.3 Å². The summed E-state index contributed by atoms with van der Waals surface area (Å²) >= 11 is 0. The standard InChI is InChI=1S/C29H38O.C11H16.3C2H6.H2O/c1-20(15-27-16-21(27)2)26-11-14-29(19-26)12-9-24(10-13-29)28(30)18-22-7-8-23-5-3-4-6-25(23)17-22;1-5-11-7-8(2)6-9(3)10(11)4;3*1-2;/h7-8,11,15,17,21,24,27H,3-6,9-10,12-14,16,18-19H2,1-2H3;6-7H,5H2,1-4H3;3*1-2H3;1H2/b20-15+;;;;;. The molecule has 0 amide bonds. The van der Waals surface area contributed by atoms with E-state index in [-0.39, 0.29) is 5.48 Å². The minimum atomic E-state index is 0. The van der Waals surface area contributed by atoms with Gasteiger partial charge in [-0.05, 0) is 161 Å². The molecule has 0 heterocycles. The van der Waals surface area contributed by atoms with Gasteiger partial charge in [-0.15, -0.1) is 0 Å². The zero-order valence-electron chi connectivity index (χ0n) is 33.4. The van der Waals surface area contributed by atoms with E-state index in [4.69, 9.17) is 0 Å². The van der Waals surface area contributed by atoms with Crippen molar-refractivity contribution in [3.05, 3.63) is 92.6 Å². The first-order valence-electron chi connectivity index (χ1n) is 19.7. The number of hydrogen-bond acceptors (Lipinski definition) is 1. The van der Waals surface area contributed by atoms with Crippen LogP contribution in [0.5, 0.6) is 0 Å². The number of carbonyl (C=O) groups is 1. The smallest absolute Gasteiger partial charge is 0.140 e. The fraction of sp³-hybridized carbons (Fsp3) is 0.630. The number of fused-ring (bicyclic) bond motifs is 1. The molecule has 48 heavy (non-hydrogen) atoms. The van der Waals surface area contributed by atoms with Crippen LogP contribution in [-0.2, 0) is 30.5 Å². The molecule has 2 aromatic rings. The lowest BCUT2D eigenvalue weighted by Gasteiger charge is -2.37. The van der Waals surface area contributed by atoms with E-state index in [0.29, 0.717) is 23.5 Å². The van der Waals surface area contributed by atoms with E-state index in [9.17, 15) is 4.79 Å². The van der Waals surface area contributed by atoms with E-state index < -0.39 is 0 Å². The minimum absolute atomic E-state index is 0. The Kier molecular flexibility index (Phi) is 19.6. The molecule has 0 bridgehead atoms. The molecule has 4 aliphatic rings. The quantitative estimate of drug-likeness (QED) is 0.305. The highest BCUT2D eigenvalue weighted by molar-refractivity contribution is 5.83. The topological polar surface area (TPSA) is 48.6 Å². The molecule has 2 nitrogen and oxygen atoms in total. The van der Waals surface area contributed by atoms with Crippen LogP contribution in [-0.4, -0.2) is 11.3 Å². The molecular weight excluding hydrogens is 585 g/mol. The number of benzene rings is 2. The van der Waals surface area contributed by atoms with Crippen molar-refractivity contribution in [2.45, 2.75) is 167 Å². The van der Waals surface area contributed by atoms with Gasteiger partial charge in [-0.3, -0.25) is 4.79 Å². The maximum Gasteiger partial charge on any atom is 0.140 e. The number of aryl methyl sites for hydroxylation is 5. The molecule has 4 aliphatic carbocycles. The zero-order chi connectivity index (χ0) is 35.1. The van der Waals surface area contributed by atoms with Crippen LogP contribution >= 0.6 is 0 Å². The lowest BCUT2D eigenvalue weighted by atomic mass is 9.67. The summed E-state index contributed by atoms with van der Waals surface area (Å²) in [5, 5.41) is 0. The third-order valence-electron chi connectivity index (χ3n) is 11.1. The first-order valence-corrected chi connectivity index (χ1v) is 19.7. The van der Waals surface area contributed by atoms with Crippen LogP contribution in [0.4, 0.5) is 0 Å². The average molecular weight is 659 g/mol. The summed E-state index contributed by atoms with van der Waals surface area (Å²) in [6.07, 6.45) is 20.4. The summed E-state index contributed by atoms with van der Waals surface area (Å²) < 4.78 is 0. The molecule has 2 saturated carbocycles. The van der Waals surface area contributed by atoms with Crippen LogP contribution in [0.2, 0.25) is 0 Å². The molecule has 6 rings (SSSR count). The van der Waals surface area contributed by atoms with Gasteiger partial charge in [0.05, 0.1) is 0 Å². The second kappa shape index (κ2) is 21.6. The maximum atomic E-state index is 13.0. The summed E-state index contributed by atoms with van der Waals surface area (Å²) in [7, 11) is 0. The van der Waals surface area contributed by atoms with Gasteiger partial charge in [0.2, 0.25) is 0 Å². The molecule has 2 N–H and O–H groups in total. The summed E-state index contributed by atoms with van der Waals surface area (Å²) in [6, 6.07) is 11.4. The number of rotatable bonds is 6. The maximum absolute atomic E-state index is 13.0. The summed E-state index contributed by atoms with van der Waals surface area (Å²) in [5.41, 5.74) is 13.6. The van der Waals surface area contributed by atoms with Gasteiger partial charge in [0.1, 0.15) is 5.78 Å². The molecule has 2 fully saturated rings. The van der Waals surface area contributed by atoms with E-state index in [1.165, 1.54) is 102 Å². The average Bonchev–Trinajstić information content (AvgIpc) is 3.64. The van der Waals surface area contributed by atoms with Crippen LogP contribution in [0, 0.1) is 43.9 Å². The van der Waals surface area contributed by atoms with Gasteiger partial charge < -0.3 is 5.48 Å². The molecule has 2 unspecified atom stereocenters. The third kappa shape index (κ3) is 12.2. The Morgan fingerprint density at radius 2 is 1.50 bits per heavy atom. The van der Waals surface area contributed by atoms with Gasteiger partial charge in [0.15, 0.2) is 0 Å². The van der Waals surface area contributed by atoms with Crippen LogP contribution in [0.25, 0.3) is 0 Å². The highest BCUT2D eigenvalue weighted by Crippen LogP contribution is 2.52. The van der Waals surface area contributed by atoms with E-state index in [0.717, 1.165) is 31.1 Å². The lowest BCUT2D eigenvalue weighted by Crippen LogP contribution is -2.29. The largest absolute Gasteiger partial charge is 0.412 e. The van der Waals surface area contributed by atoms with Crippen molar-refractivity contribution in [1.29, 1.82) is 0 Å². The van der Waals surface area contributed by atoms with Crippen molar-refractivity contribution in [3.63, 3.8) is 0 Å². The van der Waals surface area contributed by atoms with E-state index in [2.05, 4.69) is 84.0 Å². The predicted molar refractivity (Wildman–Crippen MR) is 212 cm³/mol. The Labute approximate surface area is 297 Å². The van der Waals surface area contributed by atoms with Crippen LogP contribution in [0.1, 0.15) is 159 Å². The van der Waals surface area contributed by atoms with Crippen LogP contribution in [0.3, 0.4) is 0 Å². The van der Waals surface area contributed by atoms with Crippen LogP contribution < -0.4 is 0 Å². The second-order valence-corrected chi connectivity index (χ2v) is 14.3. The fourth-order valence-corrected chi connectivity index (χ4v) is 7.87. The molecule has 1 spiro atoms. The molecule has 0 aromatic heterocycles. The highest BCUT2D eigenvalue weighted by atomic mass is 16.1. The third-order valence-corrected chi connectivity index (χ3v) is 11.1. The number of carbonyl (C=O) groups excluding carboxylic acids is 1. The Bertz CT molecular complexity index is 1320. The molecule has 0 radical (unpaired) electrons. The van der Waals surface area contributed by atoms with Crippen molar-refractivity contribution >= 4 is 5.78 Å². The lowest BCUT2D eigenvalue weighted by molar-refractivity contribution is -0.123. The van der Waals surface area contributed by atoms with Crippen molar-refractivity contribution in [2.24, 2.45) is 23.2 Å². The first-order chi connectivity index (χ1) is 22.7. The molecule has 2 atom stereocenters. The van der Waals surface area contributed by atoms with Gasteiger partial charge in [-0.25, -0.2) is 0 Å². The fourth-order valence-electron chi connectivity index (χ4n) is 7.87. The zero-order valence-corrected chi connectivity index (χ0v) is 33.4. The minimum Gasteiger partial charge on any atom is -0.412 e. The summed E-state index contributed by atoms with van der Waals surface area (Å²) in [6.45, 7) is 25.4. The summed E-state index contributed by atoms with van der Waals surface area (Å²) in [4.78, 5) is 13.0. The van der Waals surface area contributed by atoms with Gasteiger partial charge in [0.25, 0.3) is 0 Å². The van der Waals surface area contributed by atoms with E-state index in [1.807, 2.05) is 41.5 Å². The molecule has 2 aromatic carbocycles. The van der Waals surface area contributed by atoms with Crippen molar-refractivity contribution in [3.8, 4) is 0 Å². The molecule has 270 valence electrons. The molecule has 2 heteroatoms. The monoisotopic (exact) mass is 659 g/mol. The highest BCUT2D eigenvalue weighted by Gasteiger charge is 2.40. The Morgan fingerprint density at radius 1 is 0.896 bits per heavy atom. The van der Waals surface area contributed by atoms with Crippen LogP contribution in [0.15, 0.2) is 53.6 Å². The molecule has 0 aliphatic heterocycles. The molecular formula is C46H74O2. The van der Waals surface area contributed by atoms with Gasteiger partial charge in [0, 0.05) is 12.3 Å². The van der Waals surface area contributed by atoms with Crippen molar-refractivity contribution in [1.82, 2.24) is 0 Å². The second-order valence-electron chi connectivity index (χ2n) is 14.3. The SMILES string of the molecule is C/C(=C\C1CC1C)C1=CCC2(CCC(C(=O)Cc3ccc4c(c3)CCCC4)CC2)C1.CC.CC.CC.CCc1cc(C)cc(C)c1C.O. The number of allylic oxidation sites excluding steroid dienone is 4. The molecule has 0 saturated heterocycles. The van der Waals surface area contributed by atoms with E-state index in [1.54, 1.807) is 5.57 Å². The predicted octanol–water partition coefficient (Wildman–Crippen LogP) is 12.6. The van der Waals surface area contributed by atoms with E-state index >= 15 is 0 Å². The number of ketones is 1. The van der Waals surface area contributed by atoms with Gasteiger partial charge in [-0.1, -0.05) is 109 Å². The Balaban J connectivity index is 0.000000540. The number of hydrogen-bond donors (Lipinski definition) is 0. The van der Waals surface area contributed by atoms with Crippen molar-refractivity contribution in [2.75, 3.05) is 0 Å². The number of Topliss-reactive ketones (excluding diaryl/α,β-unsaturated/α-hetero) is 1. The summed E-state index contributed by atoms with van der Waals surface area (Å²) in [5.74, 6) is 2.51. The first kappa shape index (κ1) is 43.6. The Morgan fingerprint density at radius 3 is 2.08 bits per heavy atom. The van der Waals surface area contributed by atoms with Gasteiger partial charge in [-0.2, -0.15) is 0 Å². The van der Waals surface area contributed by atoms with Gasteiger partial charge >= 0.3 is 0 Å². The Hall–Kier alpha value is -2.45. The normalized spacial score (nSPS) is 23.5.